The second-order valence-corrected chi connectivity index (χ2v) is 6.95. The maximum Gasteiger partial charge on any atom is 0.322 e. The normalized spacial score (nSPS) is 13.2. The molecule has 0 amide bonds. The molecule has 0 radical (unpaired) electrons. The smallest absolute Gasteiger partial charge is 0.322 e. The Hall–Kier alpha value is -3.41. The van der Waals surface area contributed by atoms with E-state index >= 15 is 0 Å². The van der Waals surface area contributed by atoms with E-state index in [2.05, 4.69) is 27.4 Å². The highest BCUT2D eigenvalue weighted by Crippen LogP contribution is 2.34. The highest BCUT2D eigenvalue weighted by atomic mass is 16.4. The summed E-state index contributed by atoms with van der Waals surface area (Å²) < 4.78 is 0. The molecule has 6 heteroatoms. The summed E-state index contributed by atoms with van der Waals surface area (Å²) in [5, 5.41) is 11.7. The number of ketones is 1. The molecular formula is C22H21N3O3. The minimum Gasteiger partial charge on any atom is -0.480 e. The number of nitrogens with zero attached hydrogens (tertiary/aromatic N) is 1. The number of aryl methyl sites for hydroxylation is 1. The van der Waals surface area contributed by atoms with Crippen molar-refractivity contribution in [2.24, 2.45) is 0 Å². The van der Waals surface area contributed by atoms with E-state index in [0.717, 1.165) is 46.5 Å². The van der Waals surface area contributed by atoms with Gasteiger partial charge in [0.05, 0.1) is 5.69 Å². The highest BCUT2D eigenvalue weighted by Gasteiger charge is 2.26. The fourth-order valence-electron chi connectivity index (χ4n) is 3.74. The van der Waals surface area contributed by atoms with Gasteiger partial charge in [0.15, 0.2) is 5.78 Å². The number of H-pyrrole nitrogens is 1. The van der Waals surface area contributed by atoms with Crippen LogP contribution >= 0.6 is 0 Å². The quantitative estimate of drug-likeness (QED) is 0.611. The SMILES string of the molecule is O=C(O)CNc1cc(-c2[nH]c3c(c2Cc2ccccc2)C(=O)CCC3)ccn1. The fraction of sp³-hybridized carbons (Fsp3) is 0.227. The Balaban J connectivity index is 1.77. The first-order valence-corrected chi connectivity index (χ1v) is 9.35. The van der Waals surface area contributed by atoms with Gasteiger partial charge in [0.2, 0.25) is 0 Å². The Morgan fingerprint density at radius 2 is 2.00 bits per heavy atom. The maximum atomic E-state index is 12.7. The van der Waals surface area contributed by atoms with Crippen LogP contribution in [0.4, 0.5) is 5.82 Å². The molecule has 0 saturated carbocycles. The Bertz CT molecular complexity index is 1020. The largest absolute Gasteiger partial charge is 0.480 e. The summed E-state index contributed by atoms with van der Waals surface area (Å²) in [6, 6.07) is 13.8. The molecule has 0 unspecified atom stereocenters. The van der Waals surface area contributed by atoms with Crippen molar-refractivity contribution >= 4 is 17.6 Å². The van der Waals surface area contributed by atoms with E-state index in [-0.39, 0.29) is 12.3 Å². The Labute approximate surface area is 162 Å². The third-order valence-corrected chi connectivity index (χ3v) is 4.98. The Morgan fingerprint density at radius 3 is 2.79 bits per heavy atom. The number of benzene rings is 1. The molecule has 0 spiro atoms. The molecule has 1 aliphatic carbocycles. The summed E-state index contributed by atoms with van der Waals surface area (Å²) in [7, 11) is 0. The number of carbonyl (C=O) groups is 2. The Morgan fingerprint density at radius 1 is 1.18 bits per heavy atom. The predicted molar refractivity (Wildman–Crippen MR) is 107 cm³/mol. The number of aromatic nitrogens is 2. The first-order chi connectivity index (χ1) is 13.6. The van der Waals surface area contributed by atoms with Gasteiger partial charge < -0.3 is 15.4 Å². The molecular weight excluding hydrogens is 354 g/mol. The lowest BCUT2D eigenvalue weighted by Gasteiger charge is -2.12. The lowest BCUT2D eigenvalue weighted by Crippen LogP contribution is -2.13. The number of rotatable bonds is 6. The standard InChI is InChI=1S/C22H21N3O3/c26-18-8-4-7-17-21(18)16(11-14-5-2-1-3-6-14)22(25-17)15-9-10-23-19(12-15)24-13-20(27)28/h1-3,5-6,9-10,12,25H,4,7-8,11,13H2,(H,23,24)(H,27,28). The molecule has 0 bridgehead atoms. The van der Waals surface area contributed by atoms with Crippen LogP contribution in [0.2, 0.25) is 0 Å². The molecule has 0 atom stereocenters. The van der Waals surface area contributed by atoms with Crippen LogP contribution in [0.5, 0.6) is 0 Å². The molecule has 4 rings (SSSR count). The van der Waals surface area contributed by atoms with Gasteiger partial charge in [0, 0.05) is 35.9 Å². The third-order valence-electron chi connectivity index (χ3n) is 4.98. The summed E-state index contributed by atoms with van der Waals surface area (Å²) in [4.78, 5) is 31.2. The number of aliphatic carboxylic acids is 1. The number of hydrogen-bond acceptors (Lipinski definition) is 4. The molecule has 3 N–H and O–H groups in total. The second-order valence-electron chi connectivity index (χ2n) is 6.95. The van der Waals surface area contributed by atoms with Crippen molar-refractivity contribution in [2.45, 2.75) is 25.7 Å². The number of pyridine rings is 1. The van der Waals surface area contributed by atoms with Crippen molar-refractivity contribution in [1.82, 2.24) is 9.97 Å². The molecule has 2 aromatic heterocycles. The van der Waals surface area contributed by atoms with Crippen molar-refractivity contribution < 1.29 is 14.7 Å². The van der Waals surface area contributed by atoms with E-state index in [1.807, 2.05) is 30.3 Å². The van der Waals surface area contributed by atoms with Gasteiger partial charge in [-0.25, -0.2) is 4.98 Å². The Kier molecular flexibility index (Phi) is 4.93. The van der Waals surface area contributed by atoms with Crippen LogP contribution in [0.25, 0.3) is 11.3 Å². The summed E-state index contributed by atoms with van der Waals surface area (Å²) in [6.07, 6.45) is 4.60. The number of hydrogen-bond donors (Lipinski definition) is 3. The van der Waals surface area contributed by atoms with Crippen molar-refractivity contribution in [2.75, 3.05) is 11.9 Å². The molecule has 0 fully saturated rings. The zero-order valence-electron chi connectivity index (χ0n) is 15.4. The molecule has 28 heavy (non-hydrogen) atoms. The predicted octanol–water partition coefficient (Wildman–Crippen LogP) is 3.68. The van der Waals surface area contributed by atoms with Crippen molar-refractivity contribution in [3.05, 3.63) is 71.0 Å². The minimum atomic E-state index is -0.946. The van der Waals surface area contributed by atoms with E-state index in [1.165, 1.54) is 0 Å². The second kappa shape index (κ2) is 7.68. The molecule has 0 saturated heterocycles. The number of carbonyl (C=O) groups excluding carboxylic acids is 1. The van der Waals surface area contributed by atoms with Crippen LogP contribution in [0.15, 0.2) is 48.7 Å². The first kappa shape index (κ1) is 18.0. The van der Waals surface area contributed by atoms with E-state index < -0.39 is 5.97 Å². The summed E-state index contributed by atoms with van der Waals surface area (Å²) in [5.41, 5.74) is 5.75. The van der Waals surface area contributed by atoms with Crippen LogP contribution in [0.1, 0.15) is 40.0 Å². The first-order valence-electron chi connectivity index (χ1n) is 9.35. The van der Waals surface area contributed by atoms with Crippen molar-refractivity contribution in [1.29, 1.82) is 0 Å². The molecule has 0 aliphatic heterocycles. The van der Waals surface area contributed by atoms with Gasteiger partial charge in [-0.05, 0) is 36.1 Å². The van der Waals surface area contributed by atoms with Gasteiger partial charge in [0.25, 0.3) is 0 Å². The van der Waals surface area contributed by atoms with Crippen molar-refractivity contribution in [3.8, 4) is 11.3 Å². The molecule has 1 aliphatic rings. The zero-order chi connectivity index (χ0) is 19.5. The van der Waals surface area contributed by atoms with Crippen molar-refractivity contribution in [3.63, 3.8) is 0 Å². The van der Waals surface area contributed by atoms with E-state index in [4.69, 9.17) is 5.11 Å². The van der Waals surface area contributed by atoms with Crippen LogP contribution in [0, 0.1) is 0 Å². The number of carboxylic acid groups (broad SMARTS) is 1. The molecule has 1 aromatic carbocycles. The van der Waals surface area contributed by atoms with Gasteiger partial charge in [-0.2, -0.15) is 0 Å². The molecule has 142 valence electrons. The third kappa shape index (κ3) is 3.67. The summed E-state index contributed by atoms with van der Waals surface area (Å²) in [5.74, 6) is -0.268. The lowest BCUT2D eigenvalue weighted by atomic mass is 9.90. The maximum absolute atomic E-state index is 12.7. The number of carboxylic acids is 1. The van der Waals surface area contributed by atoms with Gasteiger partial charge in [0.1, 0.15) is 12.4 Å². The highest BCUT2D eigenvalue weighted by molar-refractivity contribution is 6.01. The van der Waals surface area contributed by atoms with Gasteiger partial charge in [-0.1, -0.05) is 30.3 Å². The van der Waals surface area contributed by atoms with Gasteiger partial charge in [-0.15, -0.1) is 0 Å². The summed E-state index contributed by atoms with van der Waals surface area (Å²) in [6.45, 7) is -0.201. The van der Waals surface area contributed by atoms with Gasteiger partial charge in [-0.3, -0.25) is 9.59 Å². The minimum absolute atomic E-state index is 0.188. The number of nitrogens with one attached hydrogen (secondary N) is 2. The zero-order valence-corrected chi connectivity index (χ0v) is 15.4. The average Bonchev–Trinajstić information content (AvgIpc) is 3.07. The monoisotopic (exact) mass is 375 g/mol. The van der Waals surface area contributed by atoms with Gasteiger partial charge >= 0.3 is 5.97 Å². The van der Waals surface area contributed by atoms with Crippen LogP contribution < -0.4 is 5.32 Å². The number of aromatic amines is 1. The van der Waals surface area contributed by atoms with Crippen LogP contribution in [0.3, 0.4) is 0 Å². The fourth-order valence-corrected chi connectivity index (χ4v) is 3.74. The topological polar surface area (TPSA) is 95.1 Å². The van der Waals surface area contributed by atoms with E-state index in [1.54, 1.807) is 6.20 Å². The number of Topliss-reactive ketones (excluding diaryl/α,β-unsaturated/α-hetero) is 1. The summed E-state index contributed by atoms with van der Waals surface area (Å²) >= 11 is 0. The molecule has 3 aromatic rings. The van der Waals surface area contributed by atoms with E-state index in [9.17, 15) is 9.59 Å². The number of anilines is 1. The lowest BCUT2D eigenvalue weighted by molar-refractivity contribution is -0.134. The number of fused-ring (bicyclic) bond motifs is 1. The average molecular weight is 375 g/mol. The van der Waals surface area contributed by atoms with E-state index in [0.29, 0.717) is 18.7 Å². The molecule has 2 heterocycles. The van der Waals surface area contributed by atoms with Crippen LogP contribution in [-0.4, -0.2) is 33.4 Å². The van der Waals surface area contributed by atoms with Crippen LogP contribution in [-0.2, 0) is 17.6 Å². The molecule has 6 nitrogen and oxygen atoms in total.